The first-order valence-electron chi connectivity index (χ1n) is 6.36. The molecule has 19 heavy (non-hydrogen) atoms. The van der Waals surface area contributed by atoms with Crippen molar-refractivity contribution in [1.82, 2.24) is 0 Å². The third-order valence-corrected chi connectivity index (χ3v) is 4.17. The Hall–Kier alpha value is -1.48. The molecule has 0 N–H and O–H groups in total. The lowest BCUT2D eigenvalue weighted by atomic mass is 10.1. The van der Waals surface area contributed by atoms with E-state index in [1.165, 1.54) is 11.1 Å². The number of aryl methyl sites for hydroxylation is 1. The van der Waals surface area contributed by atoms with Crippen molar-refractivity contribution in [2.75, 3.05) is 6.61 Å². The van der Waals surface area contributed by atoms with Gasteiger partial charge in [-0.1, -0.05) is 34.1 Å². The molecule has 0 radical (unpaired) electrons. The molecule has 2 aromatic carbocycles. The van der Waals surface area contributed by atoms with E-state index in [0.29, 0.717) is 6.61 Å². The molecule has 0 fully saturated rings. The van der Waals surface area contributed by atoms with Crippen molar-refractivity contribution < 1.29 is 9.47 Å². The summed E-state index contributed by atoms with van der Waals surface area (Å²) in [6.45, 7) is 2.63. The van der Waals surface area contributed by atoms with Crippen LogP contribution in [0, 0.1) is 6.92 Å². The molecule has 2 aromatic rings. The maximum absolute atomic E-state index is 5.85. The summed E-state index contributed by atoms with van der Waals surface area (Å²) in [7, 11) is 0. The van der Waals surface area contributed by atoms with E-state index in [1.54, 1.807) is 0 Å². The minimum atomic E-state index is 0.112. The third kappa shape index (κ3) is 2.76. The Labute approximate surface area is 121 Å². The average Bonchev–Trinajstić information content (AvgIpc) is 2.83. The smallest absolute Gasteiger partial charge is 0.137 e. The van der Waals surface area contributed by atoms with Crippen LogP contribution < -0.4 is 9.47 Å². The van der Waals surface area contributed by atoms with Crippen LogP contribution >= 0.6 is 15.9 Å². The fourth-order valence-corrected chi connectivity index (χ4v) is 2.49. The van der Waals surface area contributed by atoms with Gasteiger partial charge in [0.2, 0.25) is 0 Å². The largest absolute Gasteiger partial charge is 0.490 e. The lowest BCUT2D eigenvalue weighted by Gasteiger charge is -2.13. The molecular formula is C16H15BrO2. The van der Waals surface area contributed by atoms with Gasteiger partial charge in [0.1, 0.15) is 24.2 Å². The van der Waals surface area contributed by atoms with Gasteiger partial charge in [0, 0.05) is 10.9 Å². The normalized spacial score (nSPS) is 16.8. The zero-order valence-corrected chi connectivity index (χ0v) is 12.3. The Balaban J connectivity index is 1.61. The zero-order valence-electron chi connectivity index (χ0n) is 10.7. The van der Waals surface area contributed by atoms with Crippen LogP contribution in [-0.2, 0) is 6.42 Å². The van der Waals surface area contributed by atoms with Crippen molar-refractivity contribution in [3.63, 3.8) is 0 Å². The van der Waals surface area contributed by atoms with E-state index < -0.39 is 0 Å². The van der Waals surface area contributed by atoms with Gasteiger partial charge in [-0.3, -0.25) is 0 Å². The summed E-state index contributed by atoms with van der Waals surface area (Å²) in [5.74, 6) is 1.88. The molecule has 0 saturated carbocycles. The molecule has 0 spiro atoms. The highest BCUT2D eigenvalue weighted by atomic mass is 79.9. The molecule has 2 nitrogen and oxygen atoms in total. The second-order valence-electron chi connectivity index (χ2n) is 4.77. The third-order valence-electron chi connectivity index (χ3n) is 3.28. The van der Waals surface area contributed by atoms with Crippen molar-refractivity contribution in [3.8, 4) is 11.5 Å². The maximum Gasteiger partial charge on any atom is 0.137 e. The van der Waals surface area contributed by atoms with E-state index in [4.69, 9.17) is 9.47 Å². The van der Waals surface area contributed by atoms with E-state index in [9.17, 15) is 0 Å². The standard InChI is InChI=1S/C16H15BrO2/c1-11-8-13(6-7-15(11)17)18-10-14-9-12-4-2-3-5-16(12)19-14/h2-8,14H,9-10H2,1H3. The second kappa shape index (κ2) is 5.25. The van der Waals surface area contributed by atoms with Gasteiger partial charge >= 0.3 is 0 Å². The first-order chi connectivity index (χ1) is 9.22. The van der Waals surface area contributed by atoms with Crippen LogP contribution in [0.25, 0.3) is 0 Å². The molecular weight excluding hydrogens is 304 g/mol. The van der Waals surface area contributed by atoms with E-state index in [0.717, 1.165) is 22.4 Å². The highest BCUT2D eigenvalue weighted by molar-refractivity contribution is 9.10. The van der Waals surface area contributed by atoms with Crippen LogP contribution in [-0.4, -0.2) is 12.7 Å². The summed E-state index contributed by atoms with van der Waals surface area (Å²) in [4.78, 5) is 0. The predicted octanol–water partition coefficient (Wildman–Crippen LogP) is 4.14. The van der Waals surface area contributed by atoms with Gasteiger partial charge in [-0.2, -0.15) is 0 Å². The molecule has 98 valence electrons. The average molecular weight is 319 g/mol. The summed E-state index contributed by atoms with van der Waals surface area (Å²) >= 11 is 3.49. The molecule has 1 atom stereocenters. The van der Waals surface area contributed by atoms with E-state index >= 15 is 0 Å². The lowest BCUT2D eigenvalue weighted by molar-refractivity contribution is 0.148. The van der Waals surface area contributed by atoms with Gasteiger partial charge in [0.15, 0.2) is 0 Å². The Bertz CT molecular complexity index is 570. The molecule has 0 saturated heterocycles. The van der Waals surface area contributed by atoms with Crippen molar-refractivity contribution in [1.29, 1.82) is 0 Å². The number of halogens is 1. The molecule has 3 rings (SSSR count). The van der Waals surface area contributed by atoms with Crippen molar-refractivity contribution >= 4 is 15.9 Å². The highest BCUT2D eigenvalue weighted by Crippen LogP contribution is 2.29. The number of fused-ring (bicyclic) bond motifs is 1. The maximum atomic E-state index is 5.85. The van der Waals surface area contributed by atoms with Crippen LogP contribution in [0.15, 0.2) is 46.9 Å². The Morgan fingerprint density at radius 1 is 1.26 bits per heavy atom. The number of rotatable bonds is 3. The monoisotopic (exact) mass is 318 g/mol. The summed E-state index contributed by atoms with van der Waals surface area (Å²) in [5.41, 5.74) is 2.44. The summed E-state index contributed by atoms with van der Waals surface area (Å²) < 4.78 is 12.8. The van der Waals surface area contributed by atoms with E-state index in [2.05, 4.69) is 28.9 Å². The first-order valence-corrected chi connectivity index (χ1v) is 7.15. The summed E-state index contributed by atoms with van der Waals surface area (Å²) in [5, 5.41) is 0. The van der Waals surface area contributed by atoms with Gasteiger partial charge in [-0.15, -0.1) is 0 Å². The SMILES string of the molecule is Cc1cc(OCC2Cc3ccccc3O2)ccc1Br. The van der Waals surface area contributed by atoms with Gasteiger partial charge in [-0.05, 0) is 42.3 Å². The van der Waals surface area contributed by atoms with E-state index in [-0.39, 0.29) is 6.10 Å². The van der Waals surface area contributed by atoms with Crippen molar-refractivity contribution in [3.05, 3.63) is 58.1 Å². The van der Waals surface area contributed by atoms with Crippen molar-refractivity contribution in [2.45, 2.75) is 19.4 Å². The Morgan fingerprint density at radius 2 is 2.11 bits per heavy atom. The first kappa shape index (κ1) is 12.5. The number of hydrogen-bond donors (Lipinski definition) is 0. The summed E-state index contributed by atoms with van der Waals surface area (Å²) in [6, 6.07) is 14.2. The Kier molecular flexibility index (Phi) is 3.47. The minimum absolute atomic E-state index is 0.112. The van der Waals surface area contributed by atoms with E-state index in [1.807, 2.05) is 36.4 Å². The number of ether oxygens (including phenoxy) is 2. The fraction of sp³-hybridized carbons (Fsp3) is 0.250. The second-order valence-corrected chi connectivity index (χ2v) is 5.63. The van der Waals surface area contributed by atoms with Gasteiger partial charge < -0.3 is 9.47 Å². The lowest BCUT2D eigenvalue weighted by Crippen LogP contribution is -2.22. The number of para-hydroxylation sites is 1. The van der Waals surface area contributed by atoms with Gasteiger partial charge in [-0.25, -0.2) is 0 Å². The van der Waals surface area contributed by atoms with Gasteiger partial charge in [0.05, 0.1) is 0 Å². The summed E-state index contributed by atoms with van der Waals surface area (Å²) in [6.07, 6.45) is 1.03. The molecule has 0 aromatic heterocycles. The highest BCUT2D eigenvalue weighted by Gasteiger charge is 2.22. The topological polar surface area (TPSA) is 18.5 Å². The Morgan fingerprint density at radius 3 is 2.89 bits per heavy atom. The number of hydrogen-bond acceptors (Lipinski definition) is 2. The van der Waals surface area contributed by atoms with Crippen LogP contribution in [0.2, 0.25) is 0 Å². The molecule has 0 bridgehead atoms. The molecule has 1 aliphatic heterocycles. The molecule has 0 amide bonds. The van der Waals surface area contributed by atoms with Crippen LogP contribution in [0.5, 0.6) is 11.5 Å². The quantitative estimate of drug-likeness (QED) is 0.846. The zero-order chi connectivity index (χ0) is 13.2. The molecule has 1 unspecified atom stereocenters. The molecule has 1 aliphatic rings. The van der Waals surface area contributed by atoms with Crippen molar-refractivity contribution in [2.24, 2.45) is 0 Å². The van der Waals surface area contributed by atoms with Crippen LogP contribution in [0.4, 0.5) is 0 Å². The number of benzene rings is 2. The molecule has 1 heterocycles. The fourth-order valence-electron chi connectivity index (χ4n) is 2.24. The van der Waals surface area contributed by atoms with Gasteiger partial charge in [0.25, 0.3) is 0 Å². The molecule has 3 heteroatoms. The predicted molar refractivity (Wildman–Crippen MR) is 78.9 cm³/mol. The minimum Gasteiger partial charge on any atom is -0.490 e. The molecule has 0 aliphatic carbocycles. The van der Waals surface area contributed by atoms with Crippen LogP contribution in [0.3, 0.4) is 0 Å². The van der Waals surface area contributed by atoms with Crippen LogP contribution in [0.1, 0.15) is 11.1 Å².